The summed E-state index contributed by atoms with van der Waals surface area (Å²) in [5, 5.41) is 11.4. The van der Waals surface area contributed by atoms with Gasteiger partial charge in [-0.25, -0.2) is 9.59 Å². The van der Waals surface area contributed by atoms with Gasteiger partial charge in [0.15, 0.2) is 0 Å². The number of esters is 1. The highest BCUT2D eigenvalue weighted by Gasteiger charge is 2.28. The number of carboxylic acids is 1. The fourth-order valence-corrected chi connectivity index (χ4v) is 2.22. The van der Waals surface area contributed by atoms with E-state index in [0.29, 0.717) is 6.42 Å². The monoisotopic (exact) mass is 377 g/mol. The van der Waals surface area contributed by atoms with E-state index in [2.05, 4.69) is 5.32 Å². The summed E-state index contributed by atoms with van der Waals surface area (Å²) < 4.78 is 10.4. The van der Waals surface area contributed by atoms with Crippen molar-refractivity contribution in [3.63, 3.8) is 0 Å². The lowest BCUT2D eigenvalue weighted by molar-refractivity contribution is -0.153. The van der Waals surface area contributed by atoms with E-state index in [1.807, 2.05) is 37.3 Å². The smallest absolute Gasteiger partial charge is 0.408 e. The molecule has 0 fully saturated rings. The molecule has 27 heavy (non-hydrogen) atoms. The molecule has 2 atom stereocenters. The van der Waals surface area contributed by atoms with Gasteiger partial charge in [0.2, 0.25) is 0 Å². The Hall–Kier alpha value is -2.83. The number of aliphatic carboxylic acids is 1. The third-order valence-electron chi connectivity index (χ3n) is 3.64. The Morgan fingerprint density at radius 1 is 1.19 bits per heavy atom. The number of ether oxygens (including phenoxy) is 2. The molecule has 1 amide bonds. The number of benzene rings is 1. The van der Waals surface area contributed by atoms with E-state index in [1.165, 1.54) is 6.08 Å². The molecule has 0 aliphatic rings. The van der Waals surface area contributed by atoms with E-state index < -0.39 is 30.2 Å². The molecule has 0 aliphatic heterocycles. The quantitative estimate of drug-likeness (QED) is 0.479. The minimum Gasteiger partial charge on any atom is -0.481 e. The number of carbonyl (C=O) groups excluding carboxylic acids is 2. The number of nitrogens with one attached hydrogen (secondary N) is 1. The highest BCUT2D eigenvalue weighted by Crippen LogP contribution is 2.10. The van der Waals surface area contributed by atoms with Crippen LogP contribution >= 0.6 is 0 Å². The third-order valence-corrected chi connectivity index (χ3v) is 3.64. The number of rotatable bonds is 10. The van der Waals surface area contributed by atoms with Crippen LogP contribution in [0.5, 0.6) is 0 Å². The zero-order valence-corrected chi connectivity index (χ0v) is 15.9. The Morgan fingerprint density at radius 3 is 2.41 bits per heavy atom. The van der Waals surface area contributed by atoms with E-state index in [-0.39, 0.29) is 18.9 Å². The van der Waals surface area contributed by atoms with Crippen molar-refractivity contribution in [1.29, 1.82) is 0 Å². The first-order valence-corrected chi connectivity index (χ1v) is 8.89. The normalized spacial score (nSPS) is 13.2. The summed E-state index contributed by atoms with van der Waals surface area (Å²) in [6.07, 6.45) is 1.98. The lowest BCUT2D eigenvalue weighted by Crippen LogP contribution is -2.46. The second-order valence-electron chi connectivity index (χ2n) is 6.34. The molecule has 1 aromatic carbocycles. The summed E-state index contributed by atoms with van der Waals surface area (Å²) in [6, 6.07) is 8.21. The van der Waals surface area contributed by atoms with E-state index in [0.717, 1.165) is 5.56 Å². The number of hydrogen-bond donors (Lipinski definition) is 2. The standard InChI is InChI=1S/C20H27NO6/c1-4-5-11-16(12-17(22)23)27-19(24)18(14(2)3)21-20(25)26-13-15-9-7-6-8-10-15/h5-11,14,16,18H,4,12-13H2,1-3H3,(H,21,25)(H,22,23)/t16?,18-/m0/s1. The summed E-state index contributed by atoms with van der Waals surface area (Å²) in [5.74, 6) is -2.04. The maximum Gasteiger partial charge on any atom is 0.408 e. The van der Waals surface area contributed by atoms with Crippen LogP contribution in [-0.2, 0) is 25.7 Å². The lowest BCUT2D eigenvalue weighted by atomic mass is 10.0. The summed E-state index contributed by atoms with van der Waals surface area (Å²) >= 11 is 0. The van der Waals surface area contributed by atoms with Crippen molar-refractivity contribution < 1.29 is 29.0 Å². The molecule has 0 saturated heterocycles. The average molecular weight is 377 g/mol. The Labute approximate surface area is 159 Å². The van der Waals surface area contributed by atoms with Gasteiger partial charge in [-0.1, -0.05) is 57.2 Å². The largest absolute Gasteiger partial charge is 0.481 e. The van der Waals surface area contributed by atoms with Gasteiger partial charge in [-0.05, 0) is 24.0 Å². The zero-order chi connectivity index (χ0) is 20.2. The summed E-state index contributed by atoms with van der Waals surface area (Å²) in [5.41, 5.74) is 0.822. The molecule has 0 radical (unpaired) electrons. The van der Waals surface area contributed by atoms with Gasteiger partial charge in [0, 0.05) is 0 Å². The van der Waals surface area contributed by atoms with Crippen molar-refractivity contribution in [2.45, 2.75) is 52.4 Å². The SMILES string of the molecule is CCC=CC(CC(=O)O)OC(=O)[C@@H](NC(=O)OCc1ccccc1)C(C)C. The molecular weight excluding hydrogens is 350 g/mol. The van der Waals surface area contributed by atoms with Crippen molar-refractivity contribution in [2.24, 2.45) is 5.92 Å². The van der Waals surface area contributed by atoms with Crippen molar-refractivity contribution in [1.82, 2.24) is 5.32 Å². The van der Waals surface area contributed by atoms with Crippen LogP contribution in [0, 0.1) is 5.92 Å². The molecule has 7 heteroatoms. The molecule has 0 aromatic heterocycles. The maximum atomic E-state index is 12.4. The number of alkyl carbamates (subject to hydrolysis) is 1. The molecule has 1 rings (SSSR count). The molecule has 148 valence electrons. The van der Waals surface area contributed by atoms with Crippen LogP contribution in [0.2, 0.25) is 0 Å². The van der Waals surface area contributed by atoms with E-state index >= 15 is 0 Å². The summed E-state index contributed by atoms with van der Waals surface area (Å²) in [4.78, 5) is 35.4. The van der Waals surface area contributed by atoms with Crippen LogP contribution in [0.15, 0.2) is 42.5 Å². The second-order valence-corrected chi connectivity index (χ2v) is 6.34. The number of allylic oxidation sites excluding steroid dienone is 1. The highest BCUT2D eigenvalue weighted by molar-refractivity contribution is 5.82. The lowest BCUT2D eigenvalue weighted by Gasteiger charge is -2.22. The van der Waals surface area contributed by atoms with Gasteiger partial charge in [-0.2, -0.15) is 0 Å². The molecular formula is C20H27NO6. The van der Waals surface area contributed by atoms with Crippen molar-refractivity contribution >= 4 is 18.0 Å². The molecule has 1 aromatic rings. The first-order valence-electron chi connectivity index (χ1n) is 8.89. The van der Waals surface area contributed by atoms with E-state index in [4.69, 9.17) is 14.6 Å². The second kappa shape index (κ2) is 11.7. The van der Waals surface area contributed by atoms with Crippen LogP contribution in [0.3, 0.4) is 0 Å². The van der Waals surface area contributed by atoms with Gasteiger partial charge in [-0.3, -0.25) is 4.79 Å². The number of carbonyl (C=O) groups is 3. The molecule has 0 bridgehead atoms. The fourth-order valence-electron chi connectivity index (χ4n) is 2.22. The molecule has 2 N–H and O–H groups in total. The topological polar surface area (TPSA) is 102 Å². The third kappa shape index (κ3) is 8.89. The molecule has 0 heterocycles. The Balaban J connectivity index is 2.66. The fraction of sp³-hybridized carbons (Fsp3) is 0.450. The van der Waals surface area contributed by atoms with Gasteiger partial charge in [0.25, 0.3) is 0 Å². The maximum absolute atomic E-state index is 12.4. The number of amides is 1. The van der Waals surface area contributed by atoms with Gasteiger partial charge < -0.3 is 19.9 Å². The molecule has 0 spiro atoms. The Bertz CT molecular complexity index is 641. The summed E-state index contributed by atoms with van der Waals surface area (Å²) in [6.45, 7) is 5.46. The van der Waals surface area contributed by atoms with Gasteiger partial charge in [-0.15, -0.1) is 0 Å². The minimum atomic E-state index is -1.08. The average Bonchev–Trinajstić information content (AvgIpc) is 2.62. The molecule has 1 unspecified atom stereocenters. The minimum absolute atomic E-state index is 0.0768. The summed E-state index contributed by atoms with van der Waals surface area (Å²) in [7, 11) is 0. The van der Waals surface area contributed by atoms with Crippen molar-refractivity contribution in [3.8, 4) is 0 Å². The van der Waals surface area contributed by atoms with Crippen LogP contribution in [0.1, 0.15) is 39.2 Å². The van der Waals surface area contributed by atoms with Gasteiger partial charge >= 0.3 is 18.0 Å². The number of hydrogen-bond acceptors (Lipinski definition) is 5. The van der Waals surface area contributed by atoms with Crippen molar-refractivity contribution in [2.75, 3.05) is 0 Å². The highest BCUT2D eigenvalue weighted by atomic mass is 16.6. The van der Waals surface area contributed by atoms with Gasteiger partial charge in [0.05, 0.1) is 6.42 Å². The number of carboxylic acid groups (broad SMARTS) is 1. The Morgan fingerprint density at radius 2 is 1.85 bits per heavy atom. The predicted molar refractivity (Wildman–Crippen MR) is 100.0 cm³/mol. The van der Waals surface area contributed by atoms with Crippen LogP contribution in [-0.4, -0.2) is 35.3 Å². The first kappa shape index (κ1) is 22.2. The molecule has 0 saturated carbocycles. The van der Waals surface area contributed by atoms with Crippen LogP contribution in [0.25, 0.3) is 0 Å². The predicted octanol–water partition coefficient (Wildman–Crippen LogP) is 3.29. The van der Waals surface area contributed by atoms with Crippen molar-refractivity contribution in [3.05, 3.63) is 48.0 Å². The molecule has 7 nitrogen and oxygen atoms in total. The molecule has 0 aliphatic carbocycles. The zero-order valence-electron chi connectivity index (χ0n) is 15.9. The first-order chi connectivity index (χ1) is 12.8. The van der Waals surface area contributed by atoms with Gasteiger partial charge in [0.1, 0.15) is 18.8 Å². The van der Waals surface area contributed by atoms with Crippen LogP contribution < -0.4 is 5.32 Å². The van der Waals surface area contributed by atoms with E-state index in [9.17, 15) is 14.4 Å². The van der Waals surface area contributed by atoms with Crippen LogP contribution in [0.4, 0.5) is 4.79 Å². The van der Waals surface area contributed by atoms with E-state index in [1.54, 1.807) is 19.9 Å². The Kier molecular flexibility index (Phi) is 9.64.